The molecule has 0 spiro atoms. The molecule has 0 unspecified atom stereocenters. The van der Waals surface area contributed by atoms with Crippen LogP contribution < -0.4 is 26.0 Å². The normalized spacial score (nSPS) is 15.9. The Labute approximate surface area is 200 Å². The molecule has 0 radical (unpaired) electrons. The van der Waals surface area contributed by atoms with Gasteiger partial charge >= 0.3 is 12.1 Å². The first-order chi connectivity index (χ1) is 17.1. The maximum absolute atomic E-state index is 12.1. The topological polar surface area (TPSA) is 149 Å². The van der Waals surface area contributed by atoms with E-state index < -0.39 is 0 Å². The summed E-state index contributed by atoms with van der Waals surface area (Å²) >= 11 is 0. The molecular weight excluding hydrogens is 448 g/mol. The van der Waals surface area contributed by atoms with Crippen LogP contribution in [-0.2, 0) is 0 Å². The summed E-state index contributed by atoms with van der Waals surface area (Å²) in [4.78, 5) is 39.2. The van der Waals surface area contributed by atoms with Crippen molar-refractivity contribution in [2.24, 2.45) is 0 Å². The third-order valence-corrected chi connectivity index (χ3v) is 6.49. The van der Waals surface area contributed by atoms with Crippen LogP contribution in [-0.4, -0.2) is 44.1 Å². The van der Waals surface area contributed by atoms with Crippen LogP contribution in [0.5, 0.6) is 11.5 Å². The minimum absolute atomic E-state index is 0.253. The molecule has 11 heteroatoms. The molecule has 2 aliphatic rings. The van der Waals surface area contributed by atoms with E-state index in [1.165, 1.54) is 0 Å². The van der Waals surface area contributed by atoms with Crippen molar-refractivity contribution in [3.63, 3.8) is 0 Å². The first-order valence-electron chi connectivity index (χ1n) is 11.9. The predicted octanol–water partition coefficient (Wildman–Crippen LogP) is 4.58. The van der Waals surface area contributed by atoms with Crippen molar-refractivity contribution in [1.29, 1.82) is 0 Å². The molecule has 2 heterocycles. The molecule has 35 heavy (non-hydrogen) atoms. The minimum atomic E-state index is -0.257. The number of nitrogens with one attached hydrogen (secondary N) is 6. The van der Waals surface area contributed by atoms with Gasteiger partial charge < -0.3 is 25.3 Å². The van der Waals surface area contributed by atoms with Gasteiger partial charge in [0.1, 0.15) is 11.5 Å². The summed E-state index contributed by atoms with van der Waals surface area (Å²) in [7, 11) is 0. The molecule has 4 aromatic rings. The van der Waals surface area contributed by atoms with Crippen molar-refractivity contribution in [2.45, 2.75) is 50.6 Å². The molecule has 2 aliphatic carbocycles. The van der Waals surface area contributed by atoms with E-state index in [1.807, 2.05) is 36.4 Å². The van der Waals surface area contributed by atoms with Crippen LogP contribution in [0.4, 0.5) is 21.5 Å². The van der Waals surface area contributed by atoms with E-state index in [4.69, 9.17) is 4.74 Å². The lowest BCUT2D eigenvalue weighted by Crippen LogP contribution is -2.42. The highest BCUT2D eigenvalue weighted by Crippen LogP contribution is 2.28. The zero-order valence-corrected chi connectivity index (χ0v) is 19.0. The van der Waals surface area contributed by atoms with Gasteiger partial charge in [0.15, 0.2) is 0 Å². The fourth-order valence-electron chi connectivity index (χ4n) is 4.12. The minimum Gasteiger partial charge on any atom is -0.457 e. The maximum atomic E-state index is 12.1. The van der Waals surface area contributed by atoms with Gasteiger partial charge in [-0.1, -0.05) is 0 Å². The second kappa shape index (κ2) is 8.82. The van der Waals surface area contributed by atoms with Gasteiger partial charge in [0.2, 0.25) is 11.9 Å². The summed E-state index contributed by atoms with van der Waals surface area (Å²) in [6.45, 7) is 0. The Bertz CT molecular complexity index is 1300. The number of hydrogen-bond acceptors (Lipinski definition) is 5. The zero-order valence-electron chi connectivity index (χ0n) is 19.0. The molecule has 180 valence electrons. The fraction of sp³-hybridized carbons (Fsp3) is 0.333. The van der Waals surface area contributed by atoms with Crippen molar-refractivity contribution in [1.82, 2.24) is 30.6 Å². The van der Waals surface area contributed by atoms with Gasteiger partial charge in [0, 0.05) is 24.2 Å². The number of hydrogen-bond donors (Lipinski definition) is 6. The van der Waals surface area contributed by atoms with E-state index in [2.05, 4.69) is 41.2 Å². The Morgan fingerprint density at radius 2 is 1.20 bits per heavy atom. The second-order valence-corrected chi connectivity index (χ2v) is 9.08. The molecule has 0 saturated heterocycles. The average molecular weight is 475 g/mol. The molecule has 2 aromatic carbocycles. The van der Waals surface area contributed by atoms with Crippen LogP contribution >= 0.6 is 0 Å². The molecule has 2 aromatic heterocycles. The molecule has 6 N–H and O–H groups in total. The van der Waals surface area contributed by atoms with Gasteiger partial charge in [-0.2, -0.15) is 0 Å². The molecule has 0 atom stereocenters. The highest BCUT2D eigenvalue weighted by molar-refractivity contribution is 5.91. The monoisotopic (exact) mass is 474 g/mol. The van der Waals surface area contributed by atoms with Gasteiger partial charge in [0.05, 0.1) is 22.1 Å². The summed E-state index contributed by atoms with van der Waals surface area (Å²) < 4.78 is 6.03. The van der Waals surface area contributed by atoms with Crippen LogP contribution in [0.15, 0.2) is 36.4 Å². The summed E-state index contributed by atoms with van der Waals surface area (Å²) in [5.41, 5.74) is 2.92. The van der Waals surface area contributed by atoms with Gasteiger partial charge in [-0.05, 0) is 62.8 Å². The highest BCUT2D eigenvalue weighted by atomic mass is 16.5. The molecule has 0 aliphatic heterocycles. The van der Waals surface area contributed by atoms with E-state index in [1.54, 1.807) is 0 Å². The number of amides is 4. The lowest BCUT2D eigenvalue weighted by molar-refractivity contribution is 0.239. The summed E-state index contributed by atoms with van der Waals surface area (Å²) in [5.74, 6) is 2.00. The summed E-state index contributed by atoms with van der Waals surface area (Å²) in [6.07, 6.45) is 6.39. The van der Waals surface area contributed by atoms with E-state index >= 15 is 0 Å². The lowest BCUT2D eigenvalue weighted by Gasteiger charge is -2.26. The molecular formula is C24H26N8O3. The number of carbonyl (C=O) groups excluding carboxylic acids is 2. The quantitative estimate of drug-likeness (QED) is 0.242. The number of imidazole rings is 2. The number of aromatic amines is 2. The van der Waals surface area contributed by atoms with Crippen LogP contribution in [0.3, 0.4) is 0 Å². The molecule has 11 nitrogen and oxygen atoms in total. The molecule has 0 bridgehead atoms. The van der Waals surface area contributed by atoms with Crippen molar-refractivity contribution in [3.05, 3.63) is 36.4 Å². The van der Waals surface area contributed by atoms with Crippen LogP contribution in [0.2, 0.25) is 0 Å². The zero-order chi connectivity index (χ0) is 23.8. The van der Waals surface area contributed by atoms with Crippen LogP contribution in [0, 0.1) is 0 Å². The molecule has 2 fully saturated rings. The van der Waals surface area contributed by atoms with Gasteiger partial charge in [-0.3, -0.25) is 10.6 Å². The standard InChI is InChI=1S/C24H26N8O3/c33-23(25-13-3-1-4-13)31-21-27-17-9-7-15(11-19(17)29-21)35-16-8-10-18-20(12-16)30-22(28-18)32-24(34)26-14-5-2-6-14/h7-14H,1-6H2,(H3,25,27,29,31,33)(H3,26,28,30,32,34). The van der Waals surface area contributed by atoms with Crippen molar-refractivity contribution >= 4 is 46.0 Å². The number of nitrogens with zero attached hydrogens (tertiary/aromatic N) is 2. The number of benzene rings is 2. The van der Waals surface area contributed by atoms with E-state index in [0.29, 0.717) is 23.4 Å². The van der Waals surface area contributed by atoms with Crippen LogP contribution in [0.25, 0.3) is 22.1 Å². The number of carbonyl (C=O) groups is 2. The Morgan fingerprint density at radius 3 is 1.60 bits per heavy atom. The first-order valence-corrected chi connectivity index (χ1v) is 11.9. The third-order valence-electron chi connectivity index (χ3n) is 6.49. The number of rotatable bonds is 6. The summed E-state index contributed by atoms with van der Waals surface area (Å²) in [6, 6.07) is 10.9. The lowest BCUT2D eigenvalue weighted by atomic mass is 9.93. The van der Waals surface area contributed by atoms with Gasteiger partial charge in [-0.25, -0.2) is 19.6 Å². The van der Waals surface area contributed by atoms with Crippen molar-refractivity contribution in [2.75, 3.05) is 10.6 Å². The Balaban J connectivity index is 1.12. The first kappa shape index (κ1) is 21.3. The van der Waals surface area contributed by atoms with Crippen molar-refractivity contribution < 1.29 is 14.3 Å². The number of fused-ring (bicyclic) bond motifs is 2. The highest BCUT2D eigenvalue weighted by Gasteiger charge is 2.21. The maximum Gasteiger partial charge on any atom is 0.321 e. The van der Waals surface area contributed by atoms with E-state index in [0.717, 1.165) is 60.6 Å². The van der Waals surface area contributed by atoms with Gasteiger partial charge in [0.25, 0.3) is 0 Å². The largest absolute Gasteiger partial charge is 0.457 e. The number of aromatic nitrogens is 4. The van der Waals surface area contributed by atoms with E-state index in [-0.39, 0.29) is 24.1 Å². The number of urea groups is 2. The Kier molecular flexibility index (Phi) is 5.36. The SMILES string of the molecule is O=C(Nc1nc2ccc(Oc3ccc4nc(NC(=O)NC5CCC5)[nH]c4c3)cc2[nH]1)NC1CCC1. The van der Waals surface area contributed by atoms with Crippen LogP contribution in [0.1, 0.15) is 38.5 Å². The van der Waals surface area contributed by atoms with Gasteiger partial charge in [-0.15, -0.1) is 0 Å². The second-order valence-electron chi connectivity index (χ2n) is 9.08. The third kappa shape index (κ3) is 4.70. The Morgan fingerprint density at radius 1 is 0.743 bits per heavy atom. The number of anilines is 2. The summed E-state index contributed by atoms with van der Waals surface area (Å²) in [5, 5.41) is 11.3. The predicted molar refractivity (Wildman–Crippen MR) is 132 cm³/mol. The molecule has 6 rings (SSSR count). The van der Waals surface area contributed by atoms with E-state index in [9.17, 15) is 9.59 Å². The van der Waals surface area contributed by atoms with Crippen molar-refractivity contribution in [3.8, 4) is 11.5 Å². The molecule has 4 amide bonds. The fourth-order valence-corrected chi connectivity index (χ4v) is 4.12. The number of ether oxygens (including phenoxy) is 1. The number of H-pyrrole nitrogens is 2. The average Bonchev–Trinajstić information content (AvgIpc) is 3.35. The smallest absolute Gasteiger partial charge is 0.321 e. The molecule has 2 saturated carbocycles. The Hall–Kier alpha value is -4.28.